The summed E-state index contributed by atoms with van der Waals surface area (Å²) in [6, 6.07) is 2.76. The van der Waals surface area contributed by atoms with E-state index in [1.807, 2.05) is 6.07 Å². The second kappa shape index (κ2) is 4.18. The van der Waals surface area contributed by atoms with E-state index in [2.05, 4.69) is 21.7 Å². The third-order valence-electron chi connectivity index (χ3n) is 3.96. The van der Waals surface area contributed by atoms with Crippen molar-refractivity contribution in [2.45, 2.75) is 25.8 Å². The van der Waals surface area contributed by atoms with Gasteiger partial charge in [-0.25, -0.2) is 4.98 Å². The molecule has 2 aliphatic rings. The van der Waals surface area contributed by atoms with Crippen LogP contribution in [0.5, 0.6) is 0 Å². The second-order valence-electron chi connectivity index (χ2n) is 5.19. The Hall–Kier alpha value is -1.29. The molecule has 1 aromatic rings. The fourth-order valence-electron chi connectivity index (χ4n) is 3.10. The first-order valence-electron chi connectivity index (χ1n) is 6.45. The number of fused-ring (bicyclic) bond motifs is 1. The highest BCUT2D eigenvalue weighted by Crippen LogP contribution is 2.26. The van der Waals surface area contributed by atoms with Crippen molar-refractivity contribution >= 4 is 11.5 Å². The number of hydrogen-bond acceptors (Lipinski definition) is 4. The number of piperazine rings is 1. The van der Waals surface area contributed by atoms with Gasteiger partial charge < -0.3 is 10.6 Å². The number of pyridine rings is 1. The average molecular weight is 232 g/mol. The minimum atomic E-state index is 0.738. The zero-order valence-electron chi connectivity index (χ0n) is 10.4. The van der Waals surface area contributed by atoms with Gasteiger partial charge in [0.15, 0.2) is 0 Å². The van der Waals surface area contributed by atoms with E-state index in [9.17, 15) is 0 Å². The van der Waals surface area contributed by atoms with Crippen LogP contribution in [0.15, 0.2) is 12.3 Å². The number of nitrogens with zero attached hydrogens (tertiary/aromatic N) is 3. The van der Waals surface area contributed by atoms with Crippen molar-refractivity contribution < 1.29 is 0 Å². The lowest BCUT2D eigenvalue weighted by atomic mass is 10.1. The van der Waals surface area contributed by atoms with Crippen LogP contribution in [0.3, 0.4) is 0 Å². The van der Waals surface area contributed by atoms with Crippen molar-refractivity contribution in [1.82, 2.24) is 9.88 Å². The first kappa shape index (κ1) is 10.8. The second-order valence-corrected chi connectivity index (χ2v) is 5.19. The molecule has 0 spiro atoms. The third-order valence-corrected chi connectivity index (χ3v) is 3.96. The molecule has 0 aromatic carbocycles. The van der Waals surface area contributed by atoms with Crippen LogP contribution in [-0.2, 0) is 0 Å². The van der Waals surface area contributed by atoms with Gasteiger partial charge in [0.05, 0.1) is 11.9 Å². The normalized spacial score (nSPS) is 25.0. The zero-order valence-corrected chi connectivity index (χ0v) is 10.4. The van der Waals surface area contributed by atoms with E-state index in [-0.39, 0.29) is 0 Å². The SMILES string of the molecule is Cc1cc(N)cnc1N1CCN2CCCC2C1. The molecule has 2 aliphatic heterocycles. The molecule has 4 nitrogen and oxygen atoms in total. The van der Waals surface area contributed by atoms with E-state index >= 15 is 0 Å². The molecule has 1 atom stereocenters. The number of nitrogens with two attached hydrogens (primary N) is 1. The Morgan fingerprint density at radius 1 is 1.35 bits per heavy atom. The molecule has 2 N–H and O–H groups in total. The number of hydrogen-bond donors (Lipinski definition) is 1. The molecule has 1 unspecified atom stereocenters. The van der Waals surface area contributed by atoms with Crippen molar-refractivity contribution in [1.29, 1.82) is 0 Å². The monoisotopic (exact) mass is 232 g/mol. The van der Waals surface area contributed by atoms with E-state index < -0.39 is 0 Å². The van der Waals surface area contributed by atoms with Gasteiger partial charge in [-0.1, -0.05) is 0 Å². The van der Waals surface area contributed by atoms with E-state index in [1.54, 1.807) is 6.20 Å². The first-order valence-corrected chi connectivity index (χ1v) is 6.45. The molecule has 2 saturated heterocycles. The summed E-state index contributed by atoms with van der Waals surface area (Å²) < 4.78 is 0. The van der Waals surface area contributed by atoms with Crippen LogP contribution in [0.2, 0.25) is 0 Å². The molecule has 0 saturated carbocycles. The predicted molar refractivity (Wildman–Crippen MR) is 70.2 cm³/mol. The van der Waals surface area contributed by atoms with Gasteiger partial charge >= 0.3 is 0 Å². The Balaban J connectivity index is 1.80. The summed E-state index contributed by atoms with van der Waals surface area (Å²) in [5.41, 5.74) is 7.70. The zero-order chi connectivity index (χ0) is 11.8. The molecule has 92 valence electrons. The van der Waals surface area contributed by atoms with Gasteiger partial charge in [0.2, 0.25) is 0 Å². The van der Waals surface area contributed by atoms with Gasteiger partial charge in [0.1, 0.15) is 5.82 Å². The van der Waals surface area contributed by atoms with Crippen LogP contribution in [0.1, 0.15) is 18.4 Å². The van der Waals surface area contributed by atoms with E-state index in [0.717, 1.165) is 30.6 Å². The summed E-state index contributed by atoms with van der Waals surface area (Å²) in [6.07, 6.45) is 4.46. The number of aromatic nitrogens is 1. The summed E-state index contributed by atoms with van der Waals surface area (Å²) in [7, 11) is 0. The Morgan fingerprint density at radius 2 is 2.24 bits per heavy atom. The molecule has 17 heavy (non-hydrogen) atoms. The fourth-order valence-corrected chi connectivity index (χ4v) is 3.10. The maximum Gasteiger partial charge on any atom is 0.131 e. The average Bonchev–Trinajstić information content (AvgIpc) is 2.75. The number of aryl methyl sites for hydroxylation is 1. The molecule has 0 radical (unpaired) electrons. The van der Waals surface area contributed by atoms with Crippen LogP contribution in [0.4, 0.5) is 11.5 Å². The van der Waals surface area contributed by atoms with Gasteiger partial charge in [0.25, 0.3) is 0 Å². The Kier molecular flexibility index (Phi) is 2.67. The maximum atomic E-state index is 5.75. The summed E-state index contributed by atoms with van der Waals surface area (Å²) in [5, 5.41) is 0. The highest BCUT2D eigenvalue weighted by atomic mass is 15.3. The maximum absolute atomic E-state index is 5.75. The summed E-state index contributed by atoms with van der Waals surface area (Å²) in [4.78, 5) is 9.53. The Labute approximate surface area is 102 Å². The minimum absolute atomic E-state index is 0.738. The molecular weight excluding hydrogens is 212 g/mol. The Morgan fingerprint density at radius 3 is 3.06 bits per heavy atom. The van der Waals surface area contributed by atoms with Crippen LogP contribution >= 0.6 is 0 Å². The van der Waals surface area contributed by atoms with Crippen molar-refractivity contribution in [3.05, 3.63) is 17.8 Å². The van der Waals surface area contributed by atoms with Gasteiger partial charge in [-0.15, -0.1) is 0 Å². The molecule has 3 heterocycles. The predicted octanol–water partition coefficient (Wildman–Crippen LogP) is 1.26. The molecule has 0 aliphatic carbocycles. The minimum Gasteiger partial charge on any atom is -0.397 e. The molecule has 2 fully saturated rings. The lowest BCUT2D eigenvalue weighted by molar-refractivity contribution is 0.230. The van der Waals surface area contributed by atoms with Crippen molar-refractivity contribution in [3.8, 4) is 0 Å². The van der Waals surface area contributed by atoms with Crippen LogP contribution < -0.4 is 10.6 Å². The van der Waals surface area contributed by atoms with Crippen molar-refractivity contribution in [2.24, 2.45) is 0 Å². The highest BCUT2D eigenvalue weighted by molar-refractivity contribution is 5.53. The first-order chi connectivity index (χ1) is 8.24. The van der Waals surface area contributed by atoms with Crippen molar-refractivity contribution in [3.63, 3.8) is 0 Å². The molecular formula is C13H20N4. The molecule has 0 amide bonds. The summed E-state index contributed by atoms with van der Waals surface area (Å²) in [6.45, 7) is 6.77. The smallest absolute Gasteiger partial charge is 0.131 e. The third kappa shape index (κ3) is 1.97. The summed E-state index contributed by atoms with van der Waals surface area (Å²) >= 11 is 0. The molecule has 4 heteroatoms. The lowest BCUT2D eigenvalue weighted by Gasteiger charge is -2.38. The van der Waals surface area contributed by atoms with E-state index in [0.29, 0.717) is 0 Å². The topological polar surface area (TPSA) is 45.4 Å². The van der Waals surface area contributed by atoms with Crippen LogP contribution in [0.25, 0.3) is 0 Å². The lowest BCUT2D eigenvalue weighted by Crippen LogP contribution is -2.50. The molecule has 0 bridgehead atoms. The standard InChI is InChI=1S/C13H20N4/c1-10-7-11(14)8-15-13(10)17-6-5-16-4-2-3-12(16)9-17/h7-8,12H,2-6,9,14H2,1H3. The number of anilines is 2. The summed E-state index contributed by atoms with van der Waals surface area (Å²) in [5.74, 6) is 1.12. The Bertz CT molecular complexity index is 418. The molecule has 3 rings (SSSR count). The quantitative estimate of drug-likeness (QED) is 0.791. The van der Waals surface area contributed by atoms with Gasteiger partial charge in [-0.3, -0.25) is 4.90 Å². The van der Waals surface area contributed by atoms with Gasteiger partial charge in [-0.05, 0) is 37.9 Å². The van der Waals surface area contributed by atoms with Crippen molar-refractivity contribution in [2.75, 3.05) is 36.8 Å². The van der Waals surface area contributed by atoms with Gasteiger partial charge in [0, 0.05) is 25.7 Å². The van der Waals surface area contributed by atoms with Crippen LogP contribution in [0, 0.1) is 6.92 Å². The number of rotatable bonds is 1. The van der Waals surface area contributed by atoms with Gasteiger partial charge in [-0.2, -0.15) is 0 Å². The van der Waals surface area contributed by atoms with Crippen LogP contribution in [-0.4, -0.2) is 42.1 Å². The van der Waals surface area contributed by atoms with E-state index in [4.69, 9.17) is 5.73 Å². The fraction of sp³-hybridized carbons (Fsp3) is 0.615. The number of nitrogen functional groups attached to an aromatic ring is 1. The van der Waals surface area contributed by atoms with E-state index in [1.165, 1.54) is 31.5 Å². The highest BCUT2D eigenvalue weighted by Gasteiger charge is 2.31. The molecule has 1 aromatic heterocycles. The largest absolute Gasteiger partial charge is 0.397 e.